The molecule has 2 N–H and O–H groups in total. The van der Waals surface area contributed by atoms with Gasteiger partial charge < -0.3 is 10.6 Å². The zero-order valence-corrected chi connectivity index (χ0v) is 9.57. The normalized spacial score (nSPS) is 15.6. The summed E-state index contributed by atoms with van der Waals surface area (Å²) < 4.78 is 1.02. The van der Waals surface area contributed by atoms with E-state index in [1.54, 1.807) is 0 Å². The fraction of sp³-hybridized carbons (Fsp3) is 0.500. The maximum atomic E-state index is 5.58. The van der Waals surface area contributed by atoms with Crippen LogP contribution in [0, 0.1) is 0 Å². The number of nitrogens with two attached hydrogens (primary N) is 1. The van der Waals surface area contributed by atoms with Crippen LogP contribution in [0.25, 0.3) is 0 Å². The summed E-state index contributed by atoms with van der Waals surface area (Å²) in [6, 6.07) is 4.74. The van der Waals surface area contributed by atoms with Crippen LogP contribution in [0.3, 0.4) is 0 Å². The van der Waals surface area contributed by atoms with E-state index in [9.17, 15) is 0 Å². The van der Waals surface area contributed by atoms with Crippen molar-refractivity contribution in [2.45, 2.75) is 18.9 Å². The van der Waals surface area contributed by atoms with E-state index in [4.69, 9.17) is 5.73 Å². The Kier molecular flexibility index (Phi) is 3.03. The first-order chi connectivity index (χ1) is 6.81. The fourth-order valence-corrected chi connectivity index (χ4v) is 1.78. The van der Waals surface area contributed by atoms with Crippen molar-refractivity contribution in [2.24, 2.45) is 5.73 Å². The van der Waals surface area contributed by atoms with E-state index in [-0.39, 0.29) is 0 Å². The summed E-state index contributed by atoms with van der Waals surface area (Å²) >= 11 is 3.38. The molecule has 1 aliphatic carbocycles. The van der Waals surface area contributed by atoms with Gasteiger partial charge in [0.1, 0.15) is 5.82 Å². The van der Waals surface area contributed by atoms with Crippen molar-refractivity contribution < 1.29 is 0 Å². The molecular formula is C10H14BrN3. The van der Waals surface area contributed by atoms with Crippen LogP contribution >= 0.6 is 15.9 Å². The summed E-state index contributed by atoms with van der Waals surface area (Å²) in [6.07, 6.45) is 4.39. The van der Waals surface area contributed by atoms with Gasteiger partial charge in [-0.1, -0.05) is 0 Å². The minimum Gasteiger partial charge on any atom is -0.352 e. The van der Waals surface area contributed by atoms with Gasteiger partial charge in [0.2, 0.25) is 0 Å². The van der Waals surface area contributed by atoms with Crippen LogP contribution in [-0.4, -0.2) is 24.1 Å². The molecule has 1 fully saturated rings. The number of halogens is 1. The zero-order valence-electron chi connectivity index (χ0n) is 7.99. The van der Waals surface area contributed by atoms with Crippen LogP contribution in [0.1, 0.15) is 12.8 Å². The van der Waals surface area contributed by atoms with Crippen molar-refractivity contribution in [3.63, 3.8) is 0 Å². The summed E-state index contributed by atoms with van der Waals surface area (Å²) in [5.74, 6) is 1.04. The molecule has 0 unspecified atom stereocenters. The van der Waals surface area contributed by atoms with Crippen LogP contribution in [0.4, 0.5) is 5.82 Å². The SMILES string of the molecule is NCCN(c1ccc(Br)cn1)C1CC1. The number of anilines is 1. The molecule has 3 nitrogen and oxygen atoms in total. The van der Waals surface area contributed by atoms with Gasteiger partial charge in [-0.2, -0.15) is 0 Å². The first-order valence-corrected chi connectivity index (χ1v) is 5.69. The topological polar surface area (TPSA) is 42.1 Å². The van der Waals surface area contributed by atoms with Gasteiger partial charge in [0.05, 0.1) is 0 Å². The summed E-state index contributed by atoms with van der Waals surface area (Å²) in [4.78, 5) is 6.68. The molecule has 1 saturated carbocycles. The van der Waals surface area contributed by atoms with E-state index in [0.717, 1.165) is 16.8 Å². The van der Waals surface area contributed by atoms with Crippen LogP contribution in [0.15, 0.2) is 22.8 Å². The highest BCUT2D eigenvalue weighted by Gasteiger charge is 2.29. The Bertz CT molecular complexity index is 295. The largest absolute Gasteiger partial charge is 0.352 e. The monoisotopic (exact) mass is 255 g/mol. The Hall–Kier alpha value is -0.610. The Morgan fingerprint density at radius 1 is 1.50 bits per heavy atom. The lowest BCUT2D eigenvalue weighted by Gasteiger charge is -2.22. The molecule has 1 aromatic rings. The quantitative estimate of drug-likeness (QED) is 0.892. The van der Waals surface area contributed by atoms with Gasteiger partial charge in [-0.05, 0) is 40.9 Å². The third kappa shape index (κ3) is 2.25. The average molecular weight is 256 g/mol. The Balaban J connectivity index is 2.13. The van der Waals surface area contributed by atoms with Gasteiger partial charge in [0.25, 0.3) is 0 Å². The van der Waals surface area contributed by atoms with Crippen molar-refractivity contribution in [2.75, 3.05) is 18.0 Å². The lowest BCUT2D eigenvalue weighted by molar-refractivity contribution is 0.771. The summed E-state index contributed by atoms with van der Waals surface area (Å²) in [5, 5.41) is 0. The Morgan fingerprint density at radius 3 is 2.79 bits per heavy atom. The second-order valence-electron chi connectivity index (χ2n) is 3.55. The number of rotatable bonds is 4. The van der Waals surface area contributed by atoms with Gasteiger partial charge in [0.15, 0.2) is 0 Å². The van der Waals surface area contributed by atoms with Crippen LogP contribution < -0.4 is 10.6 Å². The standard InChI is InChI=1S/C10H14BrN3/c11-8-1-4-10(13-7-8)14(6-5-12)9-2-3-9/h1,4,7,9H,2-3,5-6,12H2. The molecule has 1 heterocycles. The van der Waals surface area contributed by atoms with E-state index in [0.29, 0.717) is 12.6 Å². The van der Waals surface area contributed by atoms with Gasteiger partial charge in [-0.25, -0.2) is 4.98 Å². The molecule has 0 aliphatic heterocycles. The molecule has 0 saturated heterocycles. The van der Waals surface area contributed by atoms with Crippen LogP contribution in [0.2, 0.25) is 0 Å². The number of hydrogen-bond acceptors (Lipinski definition) is 3. The minimum absolute atomic E-state index is 0.673. The second kappa shape index (κ2) is 4.28. The molecule has 4 heteroatoms. The average Bonchev–Trinajstić information content (AvgIpc) is 2.99. The highest BCUT2D eigenvalue weighted by atomic mass is 79.9. The van der Waals surface area contributed by atoms with Crippen molar-refractivity contribution in [1.82, 2.24) is 4.98 Å². The fourth-order valence-electron chi connectivity index (χ4n) is 1.55. The maximum Gasteiger partial charge on any atom is 0.128 e. The van der Waals surface area contributed by atoms with Gasteiger partial charge in [-0.3, -0.25) is 0 Å². The van der Waals surface area contributed by atoms with Gasteiger partial charge >= 0.3 is 0 Å². The molecule has 0 amide bonds. The van der Waals surface area contributed by atoms with Crippen molar-refractivity contribution >= 4 is 21.7 Å². The molecular weight excluding hydrogens is 242 g/mol. The van der Waals surface area contributed by atoms with Crippen molar-refractivity contribution in [3.8, 4) is 0 Å². The molecule has 0 atom stereocenters. The molecule has 0 radical (unpaired) electrons. The number of nitrogens with zero attached hydrogens (tertiary/aromatic N) is 2. The van der Waals surface area contributed by atoms with Crippen LogP contribution in [-0.2, 0) is 0 Å². The van der Waals surface area contributed by atoms with E-state index >= 15 is 0 Å². The van der Waals surface area contributed by atoms with Crippen LogP contribution in [0.5, 0.6) is 0 Å². The van der Waals surface area contributed by atoms with Gasteiger partial charge in [0, 0.05) is 29.8 Å². The third-order valence-corrected chi connectivity index (χ3v) is 2.83. The highest BCUT2D eigenvalue weighted by molar-refractivity contribution is 9.10. The first kappa shape index (κ1) is 9.93. The maximum absolute atomic E-state index is 5.58. The predicted octanol–water partition coefficient (Wildman–Crippen LogP) is 1.77. The second-order valence-corrected chi connectivity index (χ2v) is 4.46. The lowest BCUT2D eigenvalue weighted by atomic mass is 10.4. The third-order valence-electron chi connectivity index (χ3n) is 2.36. The number of pyridine rings is 1. The Morgan fingerprint density at radius 2 is 2.29 bits per heavy atom. The summed E-state index contributed by atoms with van der Waals surface area (Å²) in [7, 11) is 0. The molecule has 0 bridgehead atoms. The molecule has 76 valence electrons. The van der Waals surface area contributed by atoms with E-state index < -0.39 is 0 Å². The molecule has 1 aliphatic rings. The van der Waals surface area contributed by atoms with Crippen molar-refractivity contribution in [1.29, 1.82) is 0 Å². The molecule has 0 aromatic carbocycles. The minimum atomic E-state index is 0.673. The first-order valence-electron chi connectivity index (χ1n) is 4.89. The summed E-state index contributed by atoms with van der Waals surface area (Å²) in [5.41, 5.74) is 5.58. The summed E-state index contributed by atoms with van der Waals surface area (Å²) in [6.45, 7) is 1.59. The highest BCUT2D eigenvalue weighted by Crippen LogP contribution is 2.30. The van der Waals surface area contributed by atoms with E-state index in [2.05, 4.69) is 25.8 Å². The number of hydrogen-bond donors (Lipinski definition) is 1. The lowest BCUT2D eigenvalue weighted by Crippen LogP contribution is -2.31. The molecule has 1 aromatic heterocycles. The van der Waals surface area contributed by atoms with Crippen molar-refractivity contribution in [3.05, 3.63) is 22.8 Å². The molecule has 2 rings (SSSR count). The smallest absolute Gasteiger partial charge is 0.128 e. The molecule has 0 spiro atoms. The van der Waals surface area contributed by atoms with Gasteiger partial charge in [-0.15, -0.1) is 0 Å². The predicted molar refractivity (Wildman–Crippen MR) is 61.4 cm³/mol. The van der Waals surface area contributed by atoms with E-state index in [1.807, 2.05) is 18.3 Å². The molecule has 14 heavy (non-hydrogen) atoms. The van der Waals surface area contributed by atoms with E-state index in [1.165, 1.54) is 12.8 Å². The zero-order chi connectivity index (χ0) is 9.97. The number of aromatic nitrogens is 1. The Labute approximate surface area is 92.4 Å².